The molecule has 1 atom stereocenters. The molecule has 2 N–H and O–H groups in total. The topological polar surface area (TPSA) is 32.3 Å². The lowest BCUT2D eigenvalue weighted by Crippen LogP contribution is -2.25. The second kappa shape index (κ2) is 5.49. The monoisotopic (exact) mass is 257 g/mol. The van der Waals surface area contributed by atoms with E-state index in [-0.39, 0.29) is 6.10 Å². The number of rotatable bonds is 4. The predicted octanol–water partition coefficient (Wildman–Crippen LogP) is 1.88. The van der Waals surface area contributed by atoms with E-state index in [9.17, 15) is 5.11 Å². The van der Waals surface area contributed by atoms with Crippen molar-refractivity contribution in [2.75, 3.05) is 13.6 Å². The maximum atomic E-state index is 9.62. The lowest BCUT2D eigenvalue weighted by atomic mass is 10.0. The molecule has 1 unspecified atom stereocenters. The van der Waals surface area contributed by atoms with Gasteiger partial charge in [-0.15, -0.1) is 0 Å². The number of aryl methyl sites for hydroxylation is 1. The Kier molecular flexibility index (Phi) is 4.58. The van der Waals surface area contributed by atoms with Gasteiger partial charge in [-0.05, 0) is 43.7 Å². The molecule has 3 heteroatoms. The molecule has 0 amide bonds. The first-order valence-corrected chi connectivity index (χ1v) is 5.50. The molecule has 0 saturated heterocycles. The molecule has 0 aliphatic heterocycles. The number of hydrogen-bond donors (Lipinski definition) is 2. The van der Waals surface area contributed by atoms with Crippen LogP contribution in [0.2, 0.25) is 0 Å². The van der Waals surface area contributed by atoms with Crippen LogP contribution < -0.4 is 5.32 Å². The standard InChI is InChI=1S/C11H16BrNO/c1-8-5-10(12)4-3-9(8)6-11(14)7-13-2/h3-5,11,13-14H,6-7H2,1-2H3. The van der Waals surface area contributed by atoms with Crippen LogP contribution in [0.1, 0.15) is 11.1 Å². The first-order valence-electron chi connectivity index (χ1n) is 4.71. The van der Waals surface area contributed by atoms with Gasteiger partial charge in [-0.1, -0.05) is 22.0 Å². The SMILES string of the molecule is CNCC(O)Cc1ccc(Br)cc1C. The summed E-state index contributed by atoms with van der Waals surface area (Å²) in [6, 6.07) is 6.13. The van der Waals surface area contributed by atoms with Crippen LogP contribution in [0, 0.1) is 6.92 Å². The van der Waals surface area contributed by atoms with Gasteiger partial charge in [-0.3, -0.25) is 0 Å². The van der Waals surface area contributed by atoms with Gasteiger partial charge >= 0.3 is 0 Å². The fourth-order valence-corrected chi connectivity index (χ4v) is 1.93. The summed E-state index contributed by atoms with van der Waals surface area (Å²) in [5.74, 6) is 0. The third kappa shape index (κ3) is 3.40. The Morgan fingerprint density at radius 1 is 1.50 bits per heavy atom. The third-order valence-corrected chi connectivity index (χ3v) is 2.69. The first-order chi connectivity index (χ1) is 6.63. The molecule has 14 heavy (non-hydrogen) atoms. The Hall–Kier alpha value is -0.380. The summed E-state index contributed by atoms with van der Waals surface area (Å²) in [6.07, 6.45) is 0.403. The van der Waals surface area contributed by atoms with Crippen molar-refractivity contribution in [2.24, 2.45) is 0 Å². The van der Waals surface area contributed by atoms with E-state index in [1.165, 1.54) is 11.1 Å². The molecule has 0 aliphatic carbocycles. The van der Waals surface area contributed by atoms with Gasteiger partial charge < -0.3 is 10.4 Å². The second-order valence-electron chi connectivity index (χ2n) is 3.49. The van der Waals surface area contributed by atoms with E-state index in [1.807, 2.05) is 13.1 Å². The van der Waals surface area contributed by atoms with Crippen LogP contribution in [-0.2, 0) is 6.42 Å². The van der Waals surface area contributed by atoms with Gasteiger partial charge in [0.15, 0.2) is 0 Å². The summed E-state index contributed by atoms with van der Waals surface area (Å²) in [7, 11) is 1.84. The normalized spacial score (nSPS) is 12.9. The third-order valence-electron chi connectivity index (χ3n) is 2.20. The minimum absolute atomic E-state index is 0.306. The molecule has 0 aromatic heterocycles. The van der Waals surface area contributed by atoms with Crippen LogP contribution in [0.5, 0.6) is 0 Å². The number of hydrogen-bond acceptors (Lipinski definition) is 2. The molecule has 0 aliphatic rings. The highest BCUT2D eigenvalue weighted by atomic mass is 79.9. The molecule has 0 radical (unpaired) electrons. The lowest BCUT2D eigenvalue weighted by molar-refractivity contribution is 0.174. The van der Waals surface area contributed by atoms with Crippen LogP contribution >= 0.6 is 15.9 Å². The zero-order chi connectivity index (χ0) is 10.6. The summed E-state index contributed by atoms with van der Waals surface area (Å²) in [6.45, 7) is 2.70. The number of likely N-dealkylation sites (N-methyl/N-ethyl adjacent to an activating group) is 1. The molecule has 0 spiro atoms. The summed E-state index contributed by atoms with van der Waals surface area (Å²) in [5, 5.41) is 12.6. The molecule has 0 saturated carbocycles. The Morgan fingerprint density at radius 2 is 2.21 bits per heavy atom. The number of aliphatic hydroxyl groups is 1. The zero-order valence-corrected chi connectivity index (χ0v) is 10.1. The maximum absolute atomic E-state index is 9.62. The Bertz CT molecular complexity index is 301. The molecule has 0 bridgehead atoms. The average Bonchev–Trinajstić information content (AvgIpc) is 2.10. The largest absolute Gasteiger partial charge is 0.391 e. The van der Waals surface area contributed by atoms with E-state index in [0.717, 1.165) is 4.47 Å². The molecular weight excluding hydrogens is 242 g/mol. The van der Waals surface area contributed by atoms with Crippen molar-refractivity contribution < 1.29 is 5.11 Å². The van der Waals surface area contributed by atoms with Crippen molar-refractivity contribution in [1.29, 1.82) is 0 Å². The predicted molar refractivity (Wildman–Crippen MR) is 62.5 cm³/mol. The van der Waals surface area contributed by atoms with Crippen LogP contribution in [-0.4, -0.2) is 24.8 Å². The molecule has 1 aromatic rings. The van der Waals surface area contributed by atoms with Gasteiger partial charge in [0.05, 0.1) is 6.10 Å². The van der Waals surface area contributed by atoms with Crippen molar-refractivity contribution in [3.05, 3.63) is 33.8 Å². The van der Waals surface area contributed by atoms with Gasteiger partial charge in [-0.2, -0.15) is 0 Å². The van der Waals surface area contributed by atoms with Gasteiger partial charge in [0, 0.05) is 11.0 Å². The van der Waals surface area contributed by atoms with E-state index in [0.29, 0.717) is 13.0 Å². The summed E-state index contributed by atoms with van der Waals surface area (Å²) in [5.41, 5.74) is 2.42. The summed E-state index contributed by atoms with van der Waals surface area (Å²) >= 11 is 3.42. The van der Waals surface area contributed by atoms with Gasteiger partial charge in [0.2, 0.25) is 0 Å². The lowest BCUT2D eigenvalue weighted by Gasteiger charge is -2.12. The minimum Gasteiger partial charge on any atom is -0.391 e. The molecule has 2 nitrogen and oxygen atoms in total. The maximum Gasteiger partial charge on any atom is 0.0704 e. The molecule has 78 valence electrons. The highest BCUT2D eigenvalue weighted by molar-refractivity contribution is 9.10. The van der Waals surface area contributed by atoms with Crippen molar-refractivity contribution in [3.8, 4) is 0 Å². The van der Waals surface area contributed by atoms with Crippen LogP contribution in [0.4, 0.5) is 0 Å². The second-order valence-corrected chi connectivity index (χ2v) is 4.40. The fourth-order valence-electron chi connectivity index (χ4n) is 1.45. The van der Waals surface area contributed by atoms with Gasteiger partial charge in [0.25, 0.3) is 0 Å². The van der Waals surface area contributed by atoms with Crippen LogP contribution in [0.3, 0.4) is 0 Å². The van der Waals surface area contributed by atoms with E-state index in [1.54, 1.807) is 0 Å². The molecule has 1 aromatic carbocycles. The number of nitrogens with one attached hydrogen (secondary N) is 1. The van der Waals surface area contributed by atoms with Gasteiger partial charge in [-0.25, -0.2) is 0 Å². The fraction of sp³-hybridized carbons (Fsp3) is 0.455. The van der Waals surface area contributed by atoms with Crippen molar-refractivity contribution in [2.45, 2.75) is 19.4 Å². The van der Waals surface area contributed by atoms with E-state index >= 15 is 0 Å². The van der Waals surface area contributed by atoms with E-state index in [4.69, 9.17) is 0 Å². The first kappa shape index (κ1) is 11.7. The Morgan fingerprint density at radius 3 is 2.79 bits per heavy atom. The average molecular weight is 258 g/mol. The minimum atomic E-state index is -0.306. The molecular formula is C11H16BrNO. The van der Waals surface area contributed by atoms with Crippen LogP contribution in [0.15, 0.2) is 22.7 Å². The quantitative estimate of drug-likeness (QED) is 0.864. The summed E-state index contributed by atoms with van der Waals surface area (Å²) < 4.78 is 1.09. The van der Waals surface area contributed by atoms with Crippen molar-refractivity contribution in [1.82, 2.24) is 5.32 Å². The Labute approximate surface area is 93.5 Å². The number of benzene rings is 1. The van der Waals surface area contributed by atoms with Crippen LogP contribution in [0.25, 0.3) is 0 Å². The number of aliphatic hydroxyl groups excluding tert-OH is 1. The summed E-state index contributed by atoms with van der Waals surface area (Å²) in [4.78, 5) is 0. The Balaban J connectivity index is 2.67. The molecule has 1 rings (SSSR count). The highest BCUT2D eigenvalue weighted by Gasteiger charge is 2.06. The van der Waals surface area contributed by atoms with E-state index < -0.39 is 0 Å². The van der Waals surface area contributed by atoms with Crippen molar-refractivity contribution >= 4 is 15.9 Å². The highest BCUT2D eigenvalue weighted by Crippen LogP contribution is 2.16. The van der Waals surface area contributed by atoms with Crippen molar-refractivity contribution in [3.63, 3.8) is 0 Å². The smallest absolute Gasteiger partial charge is 0.0704 e. The number of halogens is 1. The molecule has 0 heterocycles. The van der Waals surface area contributed by atoms with Gasteiger partial charge in [0.1, 0.15) is 0 Å². The molecule has 0 fully saturated rings. The van der Waals surface area contributed by atoms with E-state index in [2.05, 4.69) is 40.3 Å². The zero-order valence-electron chi connectivity index (χ0n) is 8.55.